The summed E-state index contributed by atoms with van der Waals surface area (Å²) in [6.45, 7) is 1.91. The fourth-order valence-electron chi connectivity index (χ4n) is 3.50. The Bertz CT molecular complexity index is 1430. The third-order valence-corrected chi connectivity index (χ3v) is 6.73. The fraction of sp³-hybridized carbons (Fsp3) is 0.0714. The van der Waals surface area contributed by atoms with Crippen molar-refractivity contribution >= 4 is 55.7 Å². The van der Waals surface area contributed by atoms with Gasteiger partial charge in [-0.05, 0) is 36.8 Å². The summed E-state index contributed by atoms with van der Waals surface area (Å²) >= 11 is 4.62. The van der Waals surface area contributed by atoms with Gasteiger partial charge in [0.1, 0.15) is 10.6 Å². The molecule has 0 saturated carbocycles. The number of rotatable bonds is 8. The molecule has 8 heteroatoms. The average Bonchev–Trinajstić information content (AvgIpc) is 3.32. The molecule has 36 heavy (non-hydrogen) atoms. The number of Topliss-reactive ketones (excluding diaryl/α,β-unsaturated/α-hetero) is 2. The van der Waals surface area contributed by atoms with E-state index in [1.54, 1.807) is 42.6 Å². The lowest BCUT2D eigenvalue weighted by atomic mass is 10.0. The van der Waals surface area contributed by atoms with Gasteiger partial charge in [-0.15, -0.1) is 11.3 Å². The van der Waals surface area contributed by atoms with Crippen LogP contribution < -0.4 is 5.32 Å². The molecule has 4 rings (SSSR count). The molecule has 0 spiro atoms. The molecular formula is C28H20BrNO5S. The van der Waals surface area contributed by atoms with Crippen molar-refractivity contribution < 1.29 is 23.9 Å². The SMILES string of the molecule is CCOC(=O)c1c(-c2ccc(Br)cc2)csc1NC(=O)c1ccc(C(=O)C(=O)c2ccccc2)cc1. The Labute approximate surface area is 220 Å². The second-order valence-electron chi connectivity index (χ2n) is 7.64. The molecule has 180 valence electrons. The van der Waals surface area contributed by atoms with Gasteiger partial charge in [-0.1, -0.05) is 70.5 Å². The average molecular weight is 562 g/mol. The van der Waals surface area contributed by atoms with Crippen LogP contribution in [-0.2, 0) is 4.74 Å². The quantitative estimate of drug-likeness (QED) is 0.147. The van der Waals surface area contributed by atoms with E-state index in [2.05, 4.69) is 21.2 Å². The van der Waals surface area contributed by atoms with E-state index in [0.29, 0.717) is 16.1 Å². The first-order valence-electron chi connectivity index (χ1n) is 11.0. The summed E-state index contributed by atoms with van der Waals surface area (Å²) in [6.07, 6.45) is 0. The monoisotopic (exact) mass is 561 g/mol. The molecule has 0 saturated heterocycles. The summed E-state index contributed by atoms with van der Waals surface area (Å²) < 4.78 is 6.14. The van der Waals surface area contributed by atoms with Crippen molar-refractivity contribution in [2.75, 3.05) is 11.9 Å². The fourth-order valence-corrected chi connectivity index (χ4v) is 4.71. The Kier molecular flexibility index (Phi) is 7.87. The van der Waals surface area contributed by atoms with Crippen LogP contribution in [0.5, 0.6) is 0 Å². The third kappa shape index (κ3) is 5.50. The van der Waals surface area contributed by atoms with E-state index in [1.807, 2.05) is 24.3 Å². The normalized spacial score (nSPS) is 10.5. The lowest BCUT2D eigenvalue weighted by Gasteiger charge is -2.09. The van der Waals surface area contributed by atoms with Crippen LogP contribution in [0.15, 0.2) is 88.7 Å². The smallest absolute Gasteiger partial charge is 0.341 e. The van der Waals surface area contributed by atoms with Crippen LogP contribution in [0.3, 0.4) is 0 Å². The number of benzene rings is 3. The molecule has 0 radical (unpaired) electrons. The highest BCUT2D eigenvalue weighted by molar-refractivity contribution is 9.10. The molecule has 0 aliphatic heterocycles. The summed E-state index contributed by atoms with van der Waals surface area (Å²) in [4.78, 5) is 50.7. The van der Waals surface area contributed by atoms with Crippen molar-refractivity contribution in [1.29, 1.82) is 0 Å². The molecule has 0 aliphatic rings. The second-order valence-corrected chi connectivity index (χ2v) is 9.43. The molecule has 0 bridgehead atoms. The number of amides is 1. The van der Waals surface area contributed by atoms with Crippen LogP contribution in [-0.4, -0.2) is 30.0 Å². The topological polar surface area (TPSA) is 89.5 Å². The van der Waals surface area contributed by atoms with Crippen molar-refractivity contribution in [2.24, 2.45) is 0 Å². The molecule has 6 nitrogen and oxygen atoms in total. The van der Waals surface area contributed by atoms with Crippen LogP contribution in [0.25, 0.3) is 11.1 Å². The first kappa shape index (κ1) is 25.2. The largest absolute Gasteiger partial charge is 0.462 e. The van der Waals surface area contributed by atoms with Crippen molar-refractivity contribution in [3.05, 3.63) is 111 Å². The Hall–Kier alpha value is -3.88. The van der Waals surface area contributed by atoms with E-state index in [1.165, 1.54) is 35.6 Å². The number of hydrogen-bond donors (Lipinski definition) is 1. The number of halogens is 1. The van der Waals surface area contributed by atoms with Crippen molar-refractivity contribution in [2.45, 2.75) is 6.92 Å². The number of anilines is 1. The van der Waals surface area contributed by atoms with E-state index in [9.17, 15) is 19.2 Å². The number of thiophene rings is 1. The first-order valence-corrected chi connectivity index (χ1v) is 12.7. The van der Waals surface area contributed by atoms with E-state index in [0.717, 1.165) is 10.0 Å². The van der Waals surface area contributed by atoms with Gasteiger partial charge in [0.05, 0.1) is 6.61 Å². The predicted molar refractivity (Wildman–Crippen MR) is 143 cm³/mol. The van der Waals surface area contributed by atoms with Gasteiger partial charge in [0.2, 0.25) is 11.6 Å². The van der Waals surface area contributed by atoms with Gasteiger partial charge >= 0.3 is 5.97 Å². The lowest BCUT2D eigenvalue weighted by Crippen LogP contribution is -2.16. The number of hydrogen-bond acceptors (Lipinski definition) is 6. The summed E-state index contributed by atoms with van der Waals surface area (Å²) in [5.74, 6) is -2.27. The van der Waals surface area contributed by atoms with Crippen molar-refractivity contribution in [3.63, 3.8) is 0 Å². The van der Waals surface area contributed by atoms with Crippen molar-refractivity contribution in [3.8, 4) is 11.1 Å². The summed E-state index contributed by atoms with van der Waals surface area (Å²) in [7, 11) is 0. The van der Waals surface area contributed by atoms with E-state index < -0.39 is 23.4 Å². The van der Waals surface area contributed by atoms with Gasteiger partial charge in [0.15, 0.2) is 0 Å². The number of ether oxygens (including phenoxy) is 1. The van der Waals surface area contributed by atoms with Gasteiger partial charge in [0, 0.05) is 32.1 Å². The van der Waals surface area contributed by atoms with Gasteiger partial charge in [0.25, 0.3) is 5.91 Å². The van der Waals surface area contributed by atoms with Crippen LogP contribution in [0, 0.1) is 0 Å². The molecule has 1 aromatic heterocycles. The summed E-state index contributed by atoms with van der Waals surface area (Å²) in [5.41, 5.74) is 2.49. The zero-order valence-corrected chi connectivity index (χ0v) is 21.5. The zero-order chi connectivity index (χ0) is 25.7. The van der Waals surface area contributed by atoms with Gasteiger partial charge in [-0.2, -0.15) is 0 Å². The number of esters is 1. The highest BCUT2D eigenvalue weighted by atomic mass is 79.9. The minimum absolute atomic E-state index is 0.182. The molecule has 3 aromatic carbocycles. The Balaban J connectivity index is 1.56. The molecule has 0 unspecified atom stereocenters. The maximum Gasteiger partial charge on any atom is 0.341 e. The zero-order valence-electron chi connectivity index (χ0n) is 19.1. The molecule has 0 atom stereocenters. The van der Waals surface area contributed by atoms with Crippen LogP contribution in [0.2, 0.25) is 0 Å². The highest BCUT2D eigenvalue weighted by Gasteiger charge is 2.24. The highest BCUT2D eigenvalue weighted by Crippen LogP contribution is 2.37. The number of carbonyl (C=O) groups is 4. The van der Waals surface area contributed by atoms with Crippen LogP contribution >= 0.6 is 27.3 Å². The van der Waals surface area contributed by atoms with Crippen molar-refractivity contribution in [1.82, 2.24) is 0 Å². The summed E-state index contributed by atoms with van der Waals surface area (Å²) in [5, 5.41) is 4.93. The maximum absolute atomic E-state index is 13.0. The summed E-state index contributed by atoms with van der Waals surface area (Å²) in [6, 6.07) is 21.6. The molecule has 0 fully saturated rings. The standard InChI is InChI=1S/C28H20BrNO5S/c1-2-35-28(34)23-22(17-12-14-21(29)15-13-17)16-36-27(23)30-26(33)20-10-8-19(9-11-20)25(32)24(31)18-6-4-3-5-7-18/h3-16H,2H2,1H3,(H,30,33). The molecule has 1 N–H and O–H groups in total. The minimum atomic E-state index is -0.657. The number of ketones is 2. The van der Waals surface area contributed by atoms with Crippen LogP contribution in [0.4, 0.5) is 5.00 Å². The Morgan fingerprint density at radius 1 is 0.806 bits per heavy atom. The van der Waals surface area contributed by atoms with E-state index in [-0.39, 0.29) is 23.3 Å². The van der Waals surface area contributed by atoms with E-state index in [4.69, 9.17) is 4.74 Å². The molecule has 1 amide bonds. The van der Waals surface area contributed by atoms with Gasteiger partial charge in [-0.3, -0.25) is 14.4 Å². The minimum Gasteiger partial charge on any atom is -0.462 e. The Morgan fingerprint density at radius 2 is 1.39 bits per heavy atom. The van der Waals surface area contributed by atoms with Gasteiger partial charge < -0.3 is 10.1 Å². The number of nitrogens with one attached hydrogen (secondary N) is 1. The molecule has 4 aromatic rings. The Morgan fingerprint density at radius 3 is 2.00 bits per heavy atom. The lowest BCUT2D eigenvalue weighted by molar-refractivity contribution is 0.0529. The first-order chi connectivity index (χ1) is 17.4. The van der Waals surface area contributed by atoms with Gasteiger partial charge in [-0.25, -0.2) is 4.79 Å². The predicted octanol–water partition coefficient (Wildman–Crippen LogP) is 6.67. The maximum atomic E-state index is 13.0. The third-order valence-electron chi connectivity index (χ3n) is 5.30. The number of carbonyl (C=O) groups excluding carboxylic acids is 4. The molecular weight excluding hydrogens is 542 g/mol. The van der Waals surface area contributed by atoms with E-state index >= 15 is 0 Å². The molecule has 1 heterocycles. The van der Waals surface area contributed by atoms with Crippen LogP contribution in [0.1, 0.15) is 48.4 Å². The second kappa shape index (κ2) is 11.2. The molecule has 0 aliphatic carbocycles.